The highest BCUT2D eigenvalue weighted by Gasteiger charge is 2.13. The number of carbonyl (C=O) groups is 1. The fourth-order valence-electron chi connectivity index (χ4n) is 2.34. The van der Waals surface area contributed by atoms with Crippen LogP contribution in [0.15, 0.2) is 42.6 Å². The van der Waals surface area contributed by atoms with Crippen LogP contribution in [0.3, 0.4) is 0 Å². The van der Waals surface area contributed by atoms with Crippen LogP contribution in [0.1, 0.15) is 29.9 Å². The first-order valence-corrected chi connectivity index (χ1v) is 7.80. The summed E-state index contributed by atoms with van der Waals surface area (Å²) >= 11 is 0. The molecule has 0 fully saturated rings. The number of anilines is 1. The Bertz CT molecular complexity index is 637. The molecule has 2 aromatic rings. The lowest BCUT2D eigenvalue weighted by Crippen LogP contribution is -2.31. The molecule has 0 aliphatic rings. The molecule has 0 unspecified atom stereocenters. The predicted octanol–water partition coefficient (Wildman–Crippen LogP) is 3.18. The lowest BCUT2D eigenvalue weighted by atomic mass is 10.2. The van der Waals surface area contributed by atoms with Crippen LogP contribution in [-0.2, 0) is 6.54 Å². The number of para-hydroxylation sites is 1. The number of hydrogen-bond donors (Lipinski definition) is 1. The van der Waals surface area contributed by atoms with Crippen LogP contribution >= 0.6 is 0 Å². The standard InChI is InChI=1S/C18H23N3O2/c1-4-21(5-2)18(22)16-11-10-15(13-20-16)19-12-14-8-6-7-9-17(14)23-3/h6-11,13,19H,4-5,12H2,1-3H3. The first kappa shape index (κ1) is 16.8. The second-order valence-corrected chi connectivity index (χ2v) is 5.07. The van der Waals surface area contributed by atoms with Crippen LogP contribution in [0, 0.1) is 0 Å². The van der Waals surface area contributed by atoms with E-state index in [9.17, 15) is 4.79 Å². The fraction of sp³-hybridized carbons (Fsp3) is 0.333. The second kappa shape index (κ2) is 8.17. The van der Waals surface area contributed by atoms with E-state index in [1.807, 2.05) is 44.2 Å². The zero-order chi connectivity index (χ0) is 16.7. The maximum atomic E-state index is 12.2. The molecule has 1 aromatic heterocycles. The topological polar surface area (TPSA) is 54.5 Å². The Labute approximate surface area is 137 Å². The summed E-state index contributed by atoms with van der Waals surface area (Å²) in [5.41, 5.74) is 2.40. The molecule has 1 N–H and O–H groups in total. The Hall–Kier alpha value is -2.56. The lowest BCUT2D eigenvalue weighted by molar-refractivity contribution is 0.0767. The monoisotopic (exact) mass is 313 g/mol. The van der Waals surface area contributed by atoms with Crippen molar-refractivity contribution < 1.29 is 9.53 Å². The lowest BCUT2D eigenvalue weighted by Gasteiger charge is -2.18. The molecule has 0 radical (unpaired) electrons. The van der Waals surface area contributed by atoms with Crippen molar-refractivity contribution in [3.8, 4) is 5.75 Å². The molecule has 0 aliphatic carbocycles. The van der Waals surface area contributed by atoms with Gasteiger partial charge in [0, 0.05) is 25.2 Å². The molecule has 0 saturated carbocycles. The van der Waals surface area contributed by atoms with E-state index in [-0.39, 0.29) is 5.91 Å². The van der Waals surface area contributed by atoms with Gasteiger partial charge < -0.3 is 15.0 Å². The number of amides is 1. The molecule has 2 rings (SSSR count). The molecule has 23 heavy (non-hydrogen) atoms. The molecule has 0 saturated heterocycles. The third kappa shape index (κ3) is 4.22. The van der Waals surface area contributed by atoms with Gasteiger partial charge in [0.05, 0.1) is 19.0 Å². The summed E-state index contributed by atoms with van der Waals surface area (Å²) in [7, 11) is 1.66. The van der Waals surface area contributed by atoms with E-state index in [4.69, 9.17) is 4.74 Å². The van der Waals surface area contributed by atoms with Crippen molar-refractivity contribution in [2.45, 2.75) is 20.4 Å². The van der Waals surface area contributed by atoms with Gasteiger partial charge in [-0.15, -0.1) is 0 Å². The molecule has 122 valence electrons. The van der Waals surface area contributed by atoms with E-state index in [1.165, 1.54) is 0 Å². The number of pyridine rings is 1. The van der Waals surface area contributed by atoms with Crippen LogP contribution in [0.2, 0.25) is 0 Å². The zero-order valence-corrected chi connectivity index (χ0v) is 13.9. The van der Waals surface area contributed by atoms with E-state index in [0.29, 0.717) is 25.3 Å². The number of benzene rings is 1. The third-order valence-corrected chi connectivity index (χ3v) is 3.71. The summed E-state index contributed by atoms with van der Waals surface area (Å²) in [6.45, 7) is 5.93. The van der Waals surface area contributed by atoms with E-state index >= 15 is 0 Å². The quantitative estimate of drug-likeness (QED) is 0.853. The molecule has 1 heterocycles. The molecule has 1 aromatic carbocycles. The van der Waals surface area contributed by atoms with Crippen LogP contribution < -0.4 is 10.1 Å². The minimum Gasteiger partial charge on any atom is -0.496 e. The van der Waals surface area contributed by atoms with Crippen molar-refractivity contribution in [3.05, 3.63) is 53.9 Å². The molecule has 5 heteroatoms. The largest absolute Gasteiger partial charge is 0.496 e. The van der Waals surface area contributed by atoms with Gasteiger partial charge in [0.15, 0.2) is 0 Å². The second-order valence-electron chi connectivity index (χ2n) is 5.07. The third-order valence-electron chi connectivity index (χ3n) is 3.71. The minimum absolute atomic E-state index is 0.0359. The summed E-state index contributed by atoms with van der Waals surface area (Å²) in [5, 5.41) is 3.29. The first-order chi connectivity index (χ1) is 11.2. The number of methoxy groups -OCH3 is 1. The number of nitrogens with one attached hydrogen (secondary N) is 1. The van der Waals surface area contributed by atoms with Gasteiger partial charge in [0.1, 0.15) is 11.4 Å². The van der Waals surface area contributed by atoms with Gasteiger partial charge in [0.2, 0.25) is 0 Å². The molecule has 1 amide bonds. The maximum absolute atomic E-state index is 12.2. The molecule has 0 spiro atoms. The summed E-state index contributed by atoms with van der Waals surface area (Å²) in [5.74, 6) is 0.813. The van der Waals surface area contributed by atoms with Crippen molar-refractivity contribution in [1.29, 1.82) is 0 Å². The summed E-state index contributed by atoms with van der Waals surface area (Å²) in [4.78, 5) is 18.2. The maximum Gasteiger partial charge on any atom is 0.272 e. The molecular formula is C18H23N3O2. The van der Waals surface area contributed by atoms with E-state index < -0.39 is 0 Å². The molecule has 5 nitrogen and oxygen atoms in total. The highest BCUT2D eigenvalue weighted by molar-refractivity contribution is 5.92. The zero-order valence-electron chi connectivity index (χ0n) is 13.9. The normalized spacial score (nSPS) is 10.2. The van der Waals surface area contributed by atoms with E-state index in [2.05, 4.69) is 10.3 Å². The molecule has 0 bridgehead atoms. The van der Waals surface area contributed by atoms with Crippen LogP contribution in [0.5, 0.6) is 5.75 Å². The van der Waals surface area contributed by atoms with Crippen molar-refractivity contribution in [3.63, 3.8) is 0 Å². The Morgan fingerprint density at radius 2 is 1.91 bits per heavy atom. The van der Waals surface area contributed by atoms with Gasteiger partial charge >= 0.3 is 0 Å². The van der Waals surface area contributed by atoms with Crippen molar-refractivity contribution in [1.82, 2.24) is 9.88 Å². The van der Waals surface area contributed by atoms with Crippen molar-refractivity contribution >= 4 is 11.6 Å². The Morgan fingerprint density at radius 3 is 2.52 bits per heavy atom. The summed E-state index contributed by atoms with van der Waals surface area (Å²) in [6, 6.07) is 11.5. The Morgan fingerprint density at radius 1 is 1.17 bits per heavy atom. The van der Waals surface area contributed by atoms with Crippen molar-refractivity contribution in [2.24, 2.45) is 0 Å². The number of ether oxygens (including phenoxy) is 1. The molecule has 0 atom stereocenters. The van der Waals surface area contributed by atoms with Gasteiger partial charge in [-0.3, -0.25) is 4.79 Å². The number of hydrogen-bond acceptors (Lipinski definition) is 4. The van der Waals surface area contributed by atoms with Crippen LogP contribution in [0.4, 0.5) is 5.69 Å². The highest BCUT2D eigenvalue weighted by atomic mass is 16.5. The first-order valence-electron chi connectivity index (χ1n) is 7.80. The SMILES string of the molecule is CCN(CC)C(=O)c1ccc(NCc2ccccc2OC)cn1. The predicted molar refractivity (Wildman–Crippen MR) is 91.8 cm³/mol. The van der Waals surface area contributed by atoms with Gasteiger partial charge in [-0.25, -0.2) is 4.98 Å². The Kier molecular flexibility index (Phi) is 5.97. The van der Waals surface area contributed by atoms with Crippen molar-refractivity contribution in [2.75, 3.05) is 25.5 Å². The molecular weight excluding hydrogens is 290 g/mol. The molecule has 0 aliphatic heterocycles. The summed E-state index contributed by atoms with van der Waals surface area (Å²) < 4.78 is 5.33. The number of rotatable bonds is 7. The minimum atomic E-state index is -0.0359. The average molecular weight is 313 g/mol. The average Bonchev–Trinajstić information content (AvgIpc) is 2.61. The van der Waals surface area contributed by atoms with E-state index in [0.717, 1.165) is 17.0 Å². The summed E-state index contributed by atoms with van der Waals surface area (Å²) in [6.07, 6.45) is 1.69. The van der Waals surface area contributed by atoms with Gasteiger partial charge in [-0.1, -0.05) is 18.2 Å². The van der Waals surface area contributed by atoms with E-state index in [1.54, 1.807) is 24.3 Å². The number of nitrogens with zero attached hydrogens (tertiary/aromatic N) is 2. The van der Waals surface area contributed by atoms with Crippen LogP contribution in [0.25, 0.3) is 0 Å². The number of carbonyl (C=O) groups excluding carboxylic acids is 1. The Balaban J connectivity index is 2.01. The van der Waals surface area contributed by atoms with Crippen LogP contribution in [-0.4, -0.2) is 36.0 Å². The highest BCUT2D eigenvalue weighted by Crippen LogP contribution is 2.19. The van der Waals surface area contributed by atoms with Gasteiger partial charge in [0.25, 0.3) is 5.91 Å². The van der Waals surface area contributed by atoms with Gasteiger partial charge in [-0.05, 0) is 32.0 Å². The van der Waals surface area contributed by atoms with Gasteiger partial charge in [-0.2, -0.15) is 0 Å². The fourth-order valence-corrected chi connectivity index (χ4v) is 2.34. The smallest absolute Gasteiger partial charge is 0.272 e. The number of aromatic nitrogens is 1.